The summed E-state index contributed by atoms with van der Waals surface area (Å²) in [7, 11) is -1.16. The number of sulfone groups is 1. The number of rotatable bonds is 8. The van der Waals surface area contributed by atoms with Crippen LogP contribution in [0.3, 0.4) is 0 Å². The fourth-order valence-corrected chi connectivity index (χ4v) is 4.62. The molecule has 0 saturated heterocycles. The molecular weight excluding hydrogens is 274 g/mol. The Bertz CT molecular complexity index is 369. The topological polar surface area (TPSA) is 55.4 Å². The molecule has 4 nitrogen and oxygen atoms in total. The quantitative estimate of drug-likeness (QED) is 0.747. The van der Waals surface area contributed by atoms with Crippen LogP contribution >= 0.6 is 0 Å². The first-order chi connectivity index (χ1) is 9.38. The van der Waals surface area contributed by atoms with Gasteiger partial charge in [0.1, 0.15) is 9.84 Å². The van der Waals surface area contributed by atoms with Gasteiger partial charge in [-0.3, -0.25) is 0 Å². The molecule has 1 aliphatic carbocycles. The fraction of sp³-hybridized carbons (Fsp3) is 1.00. The van der Waals surface area contributed by atoms with Crippen LogP contribution in [0, 0.1) is 11.8 Å². The molecule has 1 fully saturated rings. The van der Waals surface area contributed by atoms with Crippen LogP contribution in [0.25, 0.3) is 0 Å². The third-order valence-electron chi connectivity index (χ3n) is 4.41. The lowest BCUT2D eigenvalue weighted by Gasteiger charge is -2.35. The predicted molar refractivity (Wildman–Crippen MR) is 83.7 cm³/mol. The van der Waals surface area contributed by atoms with Crippen LogP contribution in [0.1, 0.15) is 46.0 Å². The van der Waals surface area contributed by atoms with E-state index in [9.17, 15) is 8.42 Å². The molecule has 1 saturated carbocycles. The second kappa shape index (κ2) is 8.35. The number of hydrogen-bond acceptors (Lipinski definition) is 4. The van der Waals surface area contributed by atoms with E-state index in [0.29, 0.717) is 17.9 Å². The highest BCUT2D eigenvalue weighted by Crippen LogP contribution is 2.32. The maximum atomic E-state index is 11.8. The van der Waals surface area contributed by atoms with Gasteiger partial charge in [-0.25, -0.2) is 8.42 Å². The Morgan fingerprint density at radius 3 is 2.60 bits per heavy atom. The average molecular weight is 305 g/mol. The van der Waals surface area contributed by atoms with E-state index in [1.807, 2.05) is 0 Å². The molecule has 0 spiro atoms. The zero-order valence-corrected chi connectivity index (χ0v) is 14.2. The Morgan fingerprint density at radius 1 is 1.35 bits per heavy atom. The van der Waals surface area contributed by atoms with Crippen molar-refractivity contribution in [2.24, 2.45) is 11.8 Å². The monoisotopic (exact) mass is 305 g/mol. The molecule has 1 N–H and O–H groups in total. The minimum absolute atomic E-state index is 0.139. The molecular formula is C15H31NO3S. The van der Waals surface area contributed by atoms with Crippen molar-refractivity contribution >= 4 is 9.84 Å². The molecule has 4 unspecified atom stereocenters. The van der Waals surface area contributed by atoms with Crippen LogP contribution in [-0.2, 0) is 14.6 Å². The highest BCUT2D eigenvalue weighted by Gasteiger charge is 2.33. The van der Waals surface area contributed by atoms with E-state index >= 15 is 0 Å². The molecule has 0 aliphatic heterocycles. The molecule has 0 aromatic carbocycles. The summed E-state index contributed by atoms with van der Waals surface area (Å²) in [4.78, 5) is 0. The number of methoxy groups -OCH3 is 1. The van der Waals surface area contributed by atoms with Crippen molar-refractivity contribution in [2.45, 2.75) is 57.2 Å². The minimum atomic E-state index is -2.90. The van der Waals surface area contributed by atoms with Gasteiger partial charge in [0, 0.05) is 26.0 Å². The molecule has 0 amide bonds. The second-order valence-corrected chi connectivity index (χ2v) is 8.66. The molecule has 1 aliphatic rings. The Morgan fingerprint density at radius 2 is 2.05 bits per heavy atom. The van der Waals surface area contributed by atoms with E-state index in [1.165, 1.54) is 6.26 Å². The van der Waals surface area contributed by atoms with Gasteiger partial charge in [-0.15, -0.1) is 0 Å². The molecule has 20 heavy (non-hydrogen) atoms. The van der Waals surface area contributed by atoms with E-state index in [4.69, 9.17) is 4.74 Å². The van der Waals surface area contributed by atoms with Crippen LogP contribution < -0.4 is 5.32 Å². The Balaban J connectivity index is 2.65. The van der Waals surface area contributed by atoms with E-state index in [1.54, 1.807) is 7.11 Å². The van der Waals surface area contributed by atoms with Crippen molar-refractivity contribution in [2.75, 3.05) is 26.5 Å². The minimum Gasteiger partial charge on any atom is -0.384 e. The van der Waals surface area contributed by atoms with Crippen LogP contribution in [0.5, 0.6) is 0 Å². The highest BCUT2D eigenvalue weighted by molar-refractivity contribution is 7.91. The summed E-state index contributed by atoms with van der Waals surface area (Å²) < 4.78 is 28.8. The molecule has 0 radical (unpaired) electrons. The molecule has 4 atom stereocenters. The summed E-state index contributed by atoms with van der Waals surface area (Å²) in [5, 5.41) is 3.42. The van der Waals surface area contributed by atoms with Gasteiger partial charge < -0.3 is 10.1 Å². The van der Waals surface area contributed by atoms with E-state index in [-0.39, 0.29) is 5.25 Å². The van der Waals surface area contributed by atoms with E-state index in [2.05, 4.69) is 19.2 Å². The molecule has 5 heteroatoms. The first kappa shape index (κ1) is 17.9. The van der Waals surface area contributed by atoms with Crippen LogP contribution in [0.15, 0.2) is 0 Å². The number of hydrogen-bond donors (Lipinski definition) is 1. The first-order valence-electron chi connectivity index (χ1n) is 7.79. The largest absolute Gasteiger partial charge is 0.384 e. The van der Waals surface area contributed by atoms with Gasteiger partial charge in [-0.05, 0) is 44.1 Å². The molecule has 1 rings (SSSR count). The molecule has 120 valence electrons. The van der Waals surface area contributed by atoms with Gasteiger partial charge in [0.05, 0.1) is 5.25 Å². The maximum Gasteiger partial charge on any atom is 0.150 e. The summed E-state index contributed by atoms with van der Waals surface area (Å²) >= 11 is 0. The third kappa shape index (κ3) is 5.70. The summed E-state index contributed by atoms with van der Waals surface area (Å²) in [5.74, 6) is 0.977. The van der Waals surface area contributed by atoms with Gasteiger partial charge >= 0.3 is 0 Å². The fourth-order valence-electron chi connectivity index (χ4n) is 3.43. The van der Waals surface area contributed by atoms with Gasteiger partial charge in [0.15, 0.2) is 0 Å². The lowest BCUT2D eigenvalue weighted by atomic mass is 9.80. The van der Waals surface area contributed by atoms with Gasteiger partial charge in [0.2, 0.25) is 0 Å². The Kier molecular flexibility index (Phi) is 7.48. The highest BCUT2D eigenvalue weighted by atomic mass is 32.2. The molecule has 0 heterocycles. The van der Waals surface area contributed by atoms with Crippen LogP contribution in [0.4, 0.5) is 0 Å². The molecule has 0 aromatic heterocycles. The van der Waals surface area contributed by atoms with Crippen molar-refractivity contribution < 1.29 is 13.2 Å². The predicted octanol–water partition coefficient (Wildman–Crippen LogP) is 2.24. The standard InChI is InChI=1S/C15H31NO3S/c1-5-16-15(9-12(2)11-19-3)13-7-6-8-14(10-13)20(4,17)18/h12-16H,5-11H2,1-4H3. The summed E-state index contributed by atoms with van der Waals surface area (Å²) in [6.45, 7) is 6.02. The SMILES string of the molecule is CCNC(CC(C)COC)C1CCCC(S(C)(=O)=O)C1. The zero-order chi connectivity index (χ0) is 15.2. The molecule has 0 bridgehead atoms. The van der Waals surface area contributed by atoms with Crippen molar-refractivity contribution in [1.82, 2.24) is 5.32 Å². The lowest BCUT2D eigenvalue weighted by molar-refractivity contribution is 0.138. The van der Waals surface area contributed by atoms with Gasteiger partial charge in [-0.2, -0.15) is 0 Å². The van der Waals surface area contributed by atoms with E-state index in [0.717, 1.165) is 45.3 Å². The average Bonchev–Trinajstić information content (AvgIpc) is 2.38. The normalized spacial score (nSPS) is 27.2. The van der Waals surface area contributed by atoms with Crippen molar-refractivity contribution in [3.8, 4) is 0 Å². The summed E-state index contributed by atoms with van der Waals surface area (Å²) in [5.41, 5.74) is 0. The van der Waals surface area contributed by atoms with Crippen molar-refractivity contribution in [1.29, 1.82) is 0 Å². The zero-order valence-electron chi connectivity index (χ0n) is 13.4. The first-order valence-corrected chi connectivity index (χ1v) is 9.75. The van der Waals surface area contributed by atoms with Gasteiger partial charge in [-0.1, -0.05) is 20.3 Å². The Hall–Kier alpha value is -0.130. The lowest BCUT2D eigenvalue weighted by Crippen LogP contribution is -2.42. The van der Waals surface area contributed by atoms with Crippen LogP contribution in [0.2, 0.25) is 0 Å². The van der Waals surface area contributed by atoms with Crippen molar-refractivity contribution in [3.63, 3.8) is 0 Å². The molecule has 0 aromatic rings. The summed E-state index contributed by atoms with van der Waals surface area (Å²) in [6.07, 6.45) is 6.27. The maximum absolute atomic E-state index is 11.8. The van der Waals surface area contributed by atoms with Crippen molar-refractivity contribution in [3.05, 3.63) is 0 Å². The van der Waals surface area contributed by atoms with E-state index < -0.39 is 9.84 Å². The summed E-state index contributed by atoms with van der Waals surface area (Å²) in [6, 6.07) is 0.412. The third-order valence-corrected chi connectivity index (χ3v) is 6.05. The Labute approximate surface area is 124 Å². The number of nitrogens with one attached hydrogen (secondary N) is 1. The second-order valence-electron chi connectivity index (χ2n) is 6.34. The van der Waals surface area contributed by atoms with Crippen LogP contribution in [-0.4, -0.2) is 46.2 Å². The van der Waals surface area contributed by atoms with Gasteiger partial charge in [0.25, 0.3) is 0 Å². The number of ether oxygens (including phenoxy) is 1. The smallest absolute Gasteiger partial charge is 0.150 e.